The van der Waals surface area contributed by atoms with Gasteiger partial charge in [0.05, 0.1) is 11.8 Å². The molecule has 0 bridgehead atoms. The van der Waals surface area contributed by atoms with Gasteiger partial charge in [0.15, 0.2) is 5.65 Å². The van der Waals surface area contributed by atoms with E-state index in [0.717, 1.165) is 16.3 Å². The third-order valence-corrected chi connectivity index (χ3v) is 3.71. The topological polar surface area (TPSA) is 108 Å². The highest BCUT2D eigenvalue weighted by Crippen LogP contribution is 2.26. The van der Waals surface area contributed by atoms with Crippen LogP contribution in [0.2, 0.25) is 0 Å². The molecule has 1 aliphatic heterocycles. The summed E-state index contributed by atoms with van der Waals surface area (Å²) in [5, 5.41) is 22.5. The van der Waals surface area contributed by atoms with E-state index in [1.54, 1.807) is 12.1 Å². The van der Waals surface area contributed by atoms with Gasteiger partial charge in [-0.05, 0) is 25.0 Å². The maximum absolute atomic E-state index is 11.8. The lowest BCUT2D eigenvalue weighted by Crippen LogP contribution is -2.37. The van der Waals surface area contributed by atoms with Crippen molar-refractivity contribution in [2.24, 2.45) is 0 Å². The van der Waals surface area contributed by atoms with E-state index in [0.29, 0.717) is 25.9 Å². The Labute approximate surface area is 119 Å². The van der Waals surface area contributed by atoms with Crippen LogP contribution in [0.15, 0.2) is 23.0 Å². The molecular formula is C13H14N4O4. The van der Waals surface area contributed by atoms with E-state index in [1.807, 2.05) is 0 Å². The fraction of sp³-hybridized carbons (Fsp3) is 0.385. The maximum atomic E-state index is 11.8. The van der Waals surface area contributed by atoms with E-state index < -0.39 is 11.7 Å². The van der Waals surface area contributed by atoms with Crippen molar-refractivity contribution in [1.82, 2.24) is 19.5 Å². The molecule has 8 nitrogen and oxygen atoms in total. The van der Waals surface area contributed by atoms with Crippen molar-refractivity contribution in [3.8, 4) is 5.88 Å². The lowest BCUT2D eigenvalue weighted by Gasteiger charge is -2.29. The Balaban J connectivity index is 1.89. The molecule has 0 radical (unpaired) electrons. The number of amides is 1. The SMILES string of the molecule is O=C(O)N1CCC(c2ccc3nc(O)cc(=O)n3n2)CC1. The lowest BCUT2D eigenvalue weighted by atomic mass is 9.93. The molecule has 21 heavy (non-hydrogen) atoms. The van der Waals surface area contributed by atoms with Crippen molar-refractivity contribution in [1.29, 1.82) is 0 Å². The van der Waals surface area contributed by atoms with Crippen LogP contribution < -0.4 is 5.56 Å². The van der Waals surface area contributed by atoms with E-state index in [4.69, 9.17) is 5.11 Å². The molecule has 0 saturated carbocycles. The first-order valence-corrected chi connectivity index (χ1v) is 6.62. The minimum atomic E-state index is -0.907. The van der Waals surface area contributed by atoms with Gasteiger partial charge in [-0.2, -0.15) is 14.6 Å². The summed E-state index contributed by atoms with van der Waals surface area (Å²) in [6.45, 7) is 0.922. The number of likely N-dealkylation sites (tertiary alicyclic amines) is 1. The minimum absolute atomic E-state index is 0.116. The quantitative estimate of drug-likeness (QED) is 0.798. The third kappa shape index (κ3) is 2.51. The Hall–Kier alpha value is -2.64. The van der Waals surface area contributed by atoms with Crippen LogP contribution in [0.5, 0.6) is 5.88 Å². The number of piperidine rings is 1. The first kappa shape index (κ1) is 13.3. The van der Waals surface area contributed by atoms with Gasteiger partial charge in [-0.3, -0.25) is 4.79 Å². The summed E-state index contributed by atoms with van der Waals surface area (Å²) < 4.78 is 1.15. The zero-order chi connectivity index (χ0) is 15.0. The molecule has 1 fully saturated rings. The van der Waals surface area contributed by atoms with E-state index in [9.17, 15) is 14.7 Å². The van der Waals surface area contributed by atoms with Crippen LogP contribution in [0.25, 0.3) is 5.65 Å². The highest BCUT2D eigenvalue weighted by molar-refractivity contribution is 5.65. The Kier molecular flexibility index (Phi) is 3.20. The van der Waals surface area contributed by atoms with Crippen LogP contribution >= 0.6 is 0 Å². The minimum Gasteiger partial charge on any atom is -0.493 e. The summed E-state index contributed by atoms with van der Waals surface area (Å²) in [5.41, 5.74) is 0.580. The molecule has 3 heterocycles. The largest absolute Gasteiger partial charge is 0.493 e. The molecule has 2 N–H and O–H groups in total. The van der Waals surface area contributed by atoms with Crippen LogP contribution in [-0.2, 0) is 0 Å². The van der Waals surface area contributed by atoms with Gasteiger partial charge in [-0.15, -0.1) is 0 Å². The van der Waals surface area contributed by atoms with Crippen LogP contribution in [0, 0.1) is 0 Å². The molecule has 3 rings (SSSR count). The second-order valence-electron chi connectivity index (χ2n) is 5.02. The number of carboxylic acid groups (broad SMARTS) is 1. The molecule has 0 unspecified atom stereocenters. The number of fused-ring (bicyclic) bond motifs is 1. The standard InChI is InChI=1S/C13H14N4O4/c18-11-7-12(19)17-10(14-11)2-1-9(15-17)8-3-5-16(6-4-8)13(20)21/h1-2,7-8,18H,3-6H2,(H,20,21). The average molecular weight is 290 g/mol. The summed E-state index contributed by atoms with van der Waals surface area (Å²) in [7, 11) is 0. The van der Waals surface area contributed by atoms with Crippen molar-refractivity contribution >= 4 is 11.7 Å². The fourth-order valence-corrected chi connectivity index (χ4v) is 2.58. The highest BCUT2D eigenvalue weighted by Gasteiger charge is 2.24. The number of aromatic hydroxyl groups is 1. The smallest absolute Gasteiger partial charge is 0.407 e. The number of carbonyl (C=O) groups is 1. The van der Waals surface area contributed by atoms with Crippen LogP contribution in [0.3, 0.4) is 0 Å². The zero-order valence-electron chi connectivity index (χ0n) is 11.1. The maximum Gasteiger partial charge on any atom is 0.407 e. The van der Waals surface area contributed by atoms with Gasteiger partial charge in [0.2, 0.25) is 5.88 Å². The molecule has 0 aromatic carbocycles. The van der Waals surface area contributed by atoms with E-state index in [2.05, 4.69) is 10.1 Å². The Bertz CT molecular complexity index is 749. The van der Waals surface area contributed by atoms with E-state index in [-0.39, 0.29) is 17.4 Å². The highest BCUT2D eigenvalue weighted by atomic mass is 16.4. The lowest BCUT2D eigenvalue weighted by molar-refractivity contribution is 0.131. The van der Waals surface area contributed by atoms with E-state index >= 15 is 0 Å². The average Bonchev–Trinajstić information content (AvgIpc) is 2.47. The number of nitrogens with zero attached hydrogens (tertiary/aromatic N) is 4. The monoisotopic (exact) mass is 290 g/mol. The van der Waals surface area contributed by atoms with Gasteiger partial charge in [0, 0.05) is 19.0 Å². The zero-order valence-corrected chi connectivity index (χ0v) is 11.1. The summed E-state index contributed by atoms with van der Waals surface area (Å²) in [4.78, 5) is 27.9. The fourth-order valence-electron chi connectivity index (χ4n) is 2.58. The molecule has 8 heteroatoms. The number of rotatable bonds is 1. The molecule has 0 atom stereocenters. The second kappa shape index (κ2) is 5.04. The van der Waals surface area contributed by atoms with Gasteiger partial charge < -0.3 is 15.1 Å². The molecule has 1 aliphatic rings. The van der Waals surface area contributed by atoms with Gasteiger partial charge in [0.25, 0.3) is 5.56 Å². The first-order valence-electron chi connectivity index (χ1n) is 6.62. The number of aromatic nitrogens is 3. The summed E-state index contributed by atoms with van der Waals surface area (Å²) >= 11 is 0. The van der Waals surface area contributed by atoms with Gasteiger partial charge >= 0.3 is 6.09 Å². The van der Waals surface area contributed by atoms with E-state index in [1.165, 1.54) is 4.90 Å². The summed E-state index contributed by atoms with van der Waals surface area (Å²) in [6.07, 6.45) is 0.437. The Morgan fingerprint density at radius 1 is 1.29 bits per heavy atom. The predicted molar refractivity (Wildman–Crippen MR) is 72.5 cm³/mol. The van der Waals surface area contributed by atoms with Gasteiger partial charge in [-0.1, -0.05) is 0 Å². The molecule has 1 amide bonds. The van der Waals surface area contributed by atoms with Crippen molar-refractivity contribution in [3.63, 3.8) is 0 Å². The van der Waals surface area contributed by atoms with Crippen molar-refractivity contribution in [2.45, 2.75) is 18.8 Å². The molecular weight excluding hydrogens is 276 g/mol. The van der Waals surface area contributed by atoms with Gasteiger partial charge in [0.1, 0.15) is 0 Å². The van der Waals surface area contributed by atoms with Crippen LogP contribution in [-0.4, -0.2) is 48.9 Å². The molecule has 0 aliphatic carbocycles. The predicted octanol–water partition coefficient (Wildman–Crippen LogP) is 0.652. The van der Waals surface area contributed by atoms with Crippen LogP contribution in [0.4, 0.5) is 4.79 Å². The normalized spacial score (nSPS) is 16.3. The van der Waals surface area contributed by atoms with Gasteiger partial charge in [-0.25, -0.2) is 4.79 Å². The molecule has 110 valence electrons. The summed E-state index contributed by atoms with van der Waals surface area (Å²) in [5.74, 6) is -0.213. The Morgan fingerprint density at radius 2 is 2.00 bits per heavy atom. The third-order valence-electron chi connectivity index (χ3n) is 3.71. The molecule has 1 saturated heterocycles. The molecule has 0 spiro atoms. The number of hydrogen-bond donors (Lipinski definition) is 2. The van der Waals surface area contributed by atoms with Crippen LogP contribution in [0.1, 0.15) is 24.5 Å². The first-order chi connectivity index (χ1) is 10.0. The van der Waals surface area contributed by atoms with Crippen molar-refractivity contribution < 1.29 is 15.0 Å². The van der Waals surface area contributed by atoms with Crippen molar-refractivity contribution in [2.75, 3.05) is 13.1 Å². The summed E-state index contributed by atoms with van der Waals surface area (Å²) in [6, 6.07) is 4.41. The Morgan fingerprint density at radius 3 is 2.67 bits per heavy atom. The molecule has 2 aromatic rings. The molecule has 2 aromatic heterocycles. The van der Waals surface area contributed by atoms with Crippen molar-refractivity contribution in [3.05, 3.63) is 34.2 Å². The second-order valence-corrected chi connectivity index (χ2v) is 5.02. The number of hydrogen-bond acceptors (Lipinski definition) is 5.